The number of hydrogen-bond donors (Lipinski definition) is 2. The molecule has 0 aliphatic carbocycles. The smallest absolute Gasteiger partial charge is 0.150 e. The predicted octanol–water partition coefficient (Wildman–Crippen LogP) is 0.922. The highest BCUT2D eigenvalue weighted by atomic mass is 16.4. The van der Waals surface area contributed by atoms with E-state index in [1.54, 1.807) is 13.8 Å². The zero-order valence-electron chi connectivity index (χ0n) is 7.39. The topological polar surface area (TPSA) is 40.5 Å². The van der Waals surface area contributed by atoms with Crippen LogP contribution in [0.4, 0.5) is 0 Å². The van der Waals surface area contributed by atoms with Crippen molar-refractivity contribution in [2.45, 2.75) is 44.8 Å². The second-order valence-electron chi connectivity index (χ2n) is 2.96. The lowest BCUT2D eigenvalue weighted by Crippen LogP contribution is -2.50. The monoisotopic (exact) mass is 156 g/mol. The van der Waals surface area contributed by atoms with E-state index in [9.17, 15) is 10.2 Å². The van der Waals surface area contributed by atoms with Crippen LogP contribution in [0.1, 0.15) is 33.6 Å². The van der Waals surface area contributed by atoms with Crippen LogP contribution >= 0.6 is 0 Å². The summed E-state index contributed by atoms with van der Waals surface area (Å²) in [5, 5.41) is 19.3. The van der Waals surface area contributed by atoms with Crippen molar-refractivity contribution >= 4 is 0 Å². The van der Waals surface area contributed by atoms with Crippen LogP contribution in [0.25, 0.3) is 0 Å². The Labute approximate surface area is 68.2 Å². The standard InChI is InChI=1S/C9H16O2/c1-5-8(4,10)9(11,6-2)7-3/h1,10-11H,6-7H2,2-4H3. The summed E-state index contributed by atoms with van der Waals surface area (Å²) in [6.07, 6.45) is 6.00. The van der Waals surface area contributed by atoms with Gasteiger partial charge in [-0.2, -0.15) is 0 Å². The summed E-state index contributed by atoms with van der Waals surface area (Å²) in [6.45, 7) is 5.06. The van der Waals surface area contributed by atoms with Crippen LogP contribution < -0.4 is 0 Å². The van der Waals surface area contributed by atoms with Gasteiger partial charge in [-0.1, -0.05) is 19.8 Å². The number of aliphatic hydroxyl groups is 2. The number of rotatable bonds is 3. The summed E-state index contributed by atoms with van der Waals surface area (Å²) < 4.78 is 0. The van der Waals surface area contributed by atoms with E-state index in [1.165, 1.54) is 6.92 Å². The quantitative estimate of drug-likeness (QED) is 0.596. The van der Waals surface area contributed by atoms with Gasteiger partial charge < -0.3 is 10.2 Å². The fourth-order valence-corrected chi connectivity index (χ4v) is 1.07. The SMILES string of the molecule is C#CC(C)(O)C(O)(CC)CC. The molecular formula is C9H16O2. The van der Waals surface area contributed by atoms with Gasteiger partial charge in [-0.25, -0.2) is 0 Å². The lowest BCUT2D eigenvalue weighted by atomic mass is 9.81. The third kappa shape index (κ3) is 1.74. The van der Waals surface area contributed by atoms with Gasteiger partial charge >= 0.3 is 0 Å². The largest absolute Gasteiger partial charge is 0.386 e. The van der Waals surface area contributed by atoms with Crippen LogP contribution in [0.5, 0.6) is 0 Å². The first-order chi connectivity index (χ1) is 4.93. The molecule has 0 heterocycles. The predicted molar refractivity (Wildman–Crippen MR) is 45.0 cm³/mol. The minimum absolute atomic E-state index is 0.459. The van der Waals surface area contributed by atoms with Crippen LogP contribution in [0.3, 0.4) is 0 Å². The normalized spacial score (nSPS) is 17.1. The summed E-state index contributed by atoms with van der Waals surface area (Å²) >= 11 is 0. The van der Waals surface area contributed by atoms with Gasteiger partial charge in [0.15, 0.2) is 5.60 Å². The Morgan fingerprint density at radius 1 is 1.27 bits per heavy atom. The average molecular weight is 156 g/mol. The van der Waals surface area contributed by atoms with Crippen molar-refractivity contribution in [2.24, 2.45) is 0 Å². The van der Waals surface area contributed by atoms with E-state index in [0.717, 1.165) is 0 Å². The van der Waals surface area contributed by atoms with Gasteiger partial charge in [0.25, 0.3) is 0 Å². The molecule has 0 bridgehead atoms. The van der Waals surface area contributed by atoms with E-state index in [2.05, 4.69) is 5.92 Å². The third-order valence-electron chi connectivity index (χ3n) is 2.36. The van der Waals surface area contributed by atoms with E-state index in [4.69, 9.17) is 6.42 Å². The second-order valence-corrected chi connectivity index (χ2v) is 2.96. The Morgan fingerprint density at radius 3 is 1.73 bits per heavy atom. The average Bonchev–Trinajstić information content (AvgIpc) is 2.02. The lowest BCUT2D eigenvalue weighted by molar-refractivity contribution is -0.111. The molecule has 2 N–H and O–H groups in total. The van der Waals surface area contributed by atoms with Crippen molar-refractivity contribution in [2.75, 3.05) is 0 Å². The molecule has 11 heavy (non-hydrogen) atoms. The first kappa shape index (κ1) is 10.5. The lowest BCUT2D eigenvalue weighted by Gasteiger charge is -2.36. The van der Waals surface area contributed by atoms with Crippen molar-refractivity contribution in [1.82, 2.24) is 0 Å². The minimum atomic E-state index is -1.42. The summed E-state index contributed by atoms with van der Waals surface area (Å²) in [5.74, 6) is 2.19. The molecule has 0 rings (SSSR count). The summed E-state index contributed by atoms with van der Waals surface area (Å²) in [4.78, 5) is 0. The summed E-state index contributed by atoms with van der Waals surface area (Å²) in [6, 6.07) is 0. The van der Waals surface area contributed by atoms with Crippen LogP contribution in [0.15, 0.2) is 0 Å². The Balaban J connectivity index is 4.65. The molecule has 0 saturated carbocycles. The van der Waals surface area contributed by atoms with Crippen molar-refractivity contribution in [3.8, 4) is 12.3 Å². The molecule has 0 radical (unpaired) electrons. The molecule has 0 saturated heterocycles. The van der Waals surface area contributed by atoms with E-state index in [0.29, 0.717) is 12.8 Å². The minimum Gasteiger partial charge on any atom is -0.386 e. The van der Waals surface area contributed by atoms with Crippen LogP contribution in [-0.4, -0.2) is 21.4 Å². The third-order valence-corrected chi connectivity index (χ3v) is 2.36. The first-order valence-electron chi connectivity index (χ1n) is 3.86. The van der Waals surface area contributed by atoms with Crippen LogP contribution in [0, 0.1) is 12.3 Å². The fourth-order valence-electron chi connectivity index (χ4n) is 1.07. The van der Waals surface area contributed by atoms with E-state index >= 15 is 0 Å². The molecule has 0 aromatic heterocycles. The Morgan fingerprint density at radius 2 is 1.64 bits per heavy atom. The number of hydrogen-bond acceptors (Lipinski definition) is 2. The highest BCUT2D eigenvalue weighted by Crippen LogP contribution is 2.27. The van der Waals surface area contributed by atoms with Crippen molar-refractivity contribution in [1.29, 1.82) is 0 Å². The molecule has 0 amide bonds. The molecule has 0 aliphatic heterocycles. The van der Waals surface area contributed by atoms with Crippen LogP contribution in [0.2, 0.25) is 0 Å². The maximum absolute atomic E-state index is 9.76. The molecule has 0 spiro atoms. The maximum atomic E-state index is 9.76. The molecule has 0 aromatic rings. The van der Waals surface area contributed by atoms with Gasteiger partial charge in [0.1, 0.15) is 5.60 Å². The molecule has 0 fully saturated rings. The second kappa shape index (κ2) is 3.25. The van der Waals surface area contributed by atoms with Crippen molar-refractivity contribution < 1.29 is 10.2 Å². The molecule has 1 unspecified atom stereocenters. The Kier molecular flexibility index (Phi) is 3.10. The Hall–Kier alpha value is -0.520. The summed E-state index contributed by atoms with van der Waals surface area (Å²) in [5.41, 5.74) is -2.57. The molecule has 2 nitrogen and oxygen atoms in total. The zero-order valence-corrected chi connectivity index (χ0v) is 7.39. The van der Waals surface area contributed by atoms with Gasteiger partial charge in [-0.15, -0.1) is 6.42 Å². The van der Waals surface area contributed by atoms with E-state index < -0.39 is 11.2 Å². The molecule has 1 atom stereocenters. The van der Waals surface area contributed by atoms with Gasteiger partial charge in [0, 0.05) is 0 Å². The molecular weight excluding hydrogens is 140 g/mol. The molecule has 2 heteroatoms. The van der Waals surface area contributed by atoms with Crippen molar-refractivity contribution in [3.63, 3.8) is 0 Å². The molecule has 0 aromatic carbocycles. The van der Waals surface area contributed by atoms with Gasteiger partial charge in [0.2, 0.25) is 0 Å². The number of terminal acetylenes is 1. The van der Waals surface area contributed by atoms with Crippen molar-refractivity contribution in [3.05, 3.63) is 0 Å². The van der Waals surface area contributed by atoms with Gasteiger partial charge in [0.05, 0.1) is 0 Å². The van der Waals surface area contributed by atoms with Gasteiger partial charge in [-0.05, 0) is 19.8 Å². The Bertz CT molecular complexity index is 161. The zero-order chi connectivity index (χ0) is 9.12. The first-order valence-corrected chi connectivity index (χ1v) is 3.86. The maximum Gasteiger partial charge on any atom is 0.150 e. The van der Waals surface area contributed by atoms with Crippen LogP contribution in [-0.2, 0) is 0 Å². The highest BCUT2D eigenvalue weighted by Gasteiger charge is 2.41. The summed E-state index contributed by atoms with van der Waals surface area (Å²) in [7, 11) is 0. The fraction of sp³-hybridized carbons (Fsp3) is 0.778. The highest BCUT2D eigenvalue weighted by molar-refractivity contribution is 5.14. The van der Waals surface area contributed by atoms with E-state index in [1.807, 2.05) is 0 Å². The molecule has 0 aliphatic rings. The van der Waals surface area contributed by atoms with E-state index in [-0.39, 0.29) is 0 Å². The van der Waals surface area contributed by atoms with Gasteiger partial charge in [-0.3, -0.25) is 0 Å². The molecule has 64 valence electrons.